The van der Waals surface area contributed by atoms with Crippen molar-refractivity contribution in [2.75, 3.05) is 0 Å². The van der Waals surface area contributed by atoms with Gasteiger partial charge in [0, 0.05) is 11.6 Å². The third-order valence-electron chi connectivity index (χ3n) is 2.41. The molecule has 0 fully saturated rings. The molecular formula is C11H23N. The largest absolute Gasteiger partial charge is 0.305 e. The molecule has 0 saturated carbocycles. The van der Waals surface area contributed by atoms with Gasteiger partial charge in [-0.05, 0) is 26.2 Å². The SMILES string of the molecule is C=CC(NC(C)(C)CC)C(C)C. The maximum atomic E-state index is 3.84. The highest BCUT2D eigenvalue weighted by Gasteiger charge is 2.19. The van der Waals surface area contributed by atoms with Crippen molar-refractivity contribution in [2.24, 2.45) is 5.92 Å². The monoisotopic (exact) mass is 169 g/mol. The van der Waals surface area contributed by atoms with Gasteiger partial charge in [-0.3, -0.25) is 0 Å². The van der Waals surface area contributed by atoms with Crippen molar-refractivity contribution in [3.05, 3.63) is 12.7 Å². The summed E-state index contributed by atoms with van der Waals surface area (Å²) in [6.07, 6.45) is 3.14. The molecule has 0 spiro atoms. The predicted octanol–water partition coefficient (Wildman–Crippen LogP) is 2.98. The zero-order valence-electron chi connectivity index (χ0n) is 9.15. The average molecular weight is 169 g/mol. The molecule has 0 aliphatic rings. The summed E-state index contributed by atoms with van der Waals surface area (Å²) in [5.74, 6) is 0.619. The lowest BCUT2D eigenvalue weighted by molar-refractivity contribution is 0.312. The van der Waals surface area contributed by atoms with Gasteiger partial charge in [0.1, 0.15) is 0 Å². The second-order valence-electron chi connectivity index (χ2n) is 4.39. The Morgan fingerprint density at radius 1 is 1.42 bits per heavy atom. The lowest BCUT2D eigenvalue weighted by Crippen LogP contribution is -2.46. The van der Waals surface area contributed by atoms with Crippen LogP contribution in [-0.2, 0) is 0 Å². The number of rotatable bonds is 5. The highest BCUT2D eigenvalue weighted by Crippen LogP contribution is 2.12. The predicted molar refractivity (Wildman–Crippen MR) is 56.3 cm³/mol. The first kappa shape index (κ1) is 11.7. The summed E-state index contributed by atoms with van der Waals surface area (Å²) in [6.45, 7) is 14.9. The minimum atomic E-state index is 0.225. The maximum Gasteiger partial charge on any atom is 0.0275 e. The van der Waals surface area contributed by atoms with E-state index < -0.39 is 0 Å². The summed E-state index contributed by atoms with van der Waals surface area (Å²) in [4.78, 5) is 0. The molecule has 12 heavy (non-hydrogen) atoms. The summed E-state index contributed by atoms with van der Waals surface area (Å²) in [5, 5.41) is 3.57. The molecule has 0 aromatic heterocycles. The lowest BCUT2D eigenvalue weighted by atomic mass is 9.96. The quantitative estimate of drug-likeness (QED) is 0.624. The van der Waals surface area contributed by atoms with Crippen LogP contribution in [-0.4, -0.2) is 11.6 Å². The molecule has 0 rings (SSSR count). The third-order valence-corrected chi connectivity index (χ3v) is 2.41. The molecule has 0 aromatic carbocycles. The van der Waals surface area contributed by atoms with Gasteiger partial charge in [0.25, 0.3) is 0 Å². The second kappa shape index (κ2) is 4.66. The molecule has 1 atom stereocenters. The van der Waals surface area contributed by atoms with Crippen molar-refractivity contribution >= 4 is 0 Å². The summed E-state index contributed by atoms with van der Waals surface area (Å²) in [6, 6.07) is 0.431. The van der Waals surface area contributed by atoms with E-state index >= 15 is 0 Å². The average Bonchev–Trinajstić information content (AvgIpc) is 2.00. The van der Waals surface area contributed by atoms with Crippen LogP contribution in [0.4, 0.5) is 0 Å². The fourth-order valence-corrected chi connectivity index (χ4v) is 1.05. The molecule has 0 saturated heterocycles. The lowest BCUT2D eigenvalue weighted by Gasteiger charge is -2.31. The van der Waals surface area contributed by atoms with Crippen molar-refractivity contribution in [2.45, 2.75) is 52.6 Å². The van der Waals surface area contributed by atoms with E-state index in [4.69, 9.17) is 0 Å². The highest BCUT2D eigenvalue weighted by atomic mass is 15.0. The van der Waals surface area contributed by atoms with Crippen LogP contribution in [0.2, 0.25) is 0 Å². The van der Waals surface area contributed by atoms with Gasteiger partial charge in [0.15, 0.2) is 0 Å². The molecule has 0 aliphatic heterocycles. The van der Waals surface area contributed by atoms with Crippen LogP contribution in [0, 0.1) is 5.92 Å². The Morgan fingerprint density at radius 3 is 2.17 bits per heavy atom. The molecule has 72 valence electrons. The number of hydrogen-bond acceptors (Lipinski definition) is 1. The Balaban J connectivity index is 4.10. The van der Waals surface area contributed by atoms with Crippen molar-refractivity contribution in [3.63, 3.8) is 0 Å². The van der Waals surface area contributed by atoms with Gasteiger partial charge in [0.2, 0.25) is 0 Å². The molecule has 1 N–H and O–H groups in total. The molecule has 1 unspecified atom stereocenters. The second-order valence-corrected chi connectivity index (χ2v) is 4.39. The fraction of sp³-hybridized carbons (Fsp3) is 0.818. The van der Waals surface area contributed by atoms with Crippen molar-refractivity contribution in [1.82, 2.24) is 5.32 Å². The van der Waals surface area contributed by atoms with Crippen molar-refractivity contribution < 1.29 is 0 Å². The molecule has 1 nitrogen and oxygen atoms in total. The molecular weight excluding hydrogens is 146 g/mol. The van der Waals surface area contributed by atoms with Crippen LogP contribution in [0.15, 0.2) is 12.7 Å². The van der Waals surface area contributed by atoms with Crippen LogP contribution in [0.3, 0.4) is 0 Å². The van der Waals surface area contributed by atoms with Gasteiger partial charge < -0.3 is 5.32 Å². The van der Waals surface area contributed by atoms with E-state index in [0.717, 1.165) is 6.42 Å². The Kier molecular flexibility index (Phi) is 4.54. The summed E-state index contributed by atoms with van der Waals surface area (Å²) >= 11 is 0. The molecule has 0 aliphatic carbocycles. The Hall–Kier alpha value is -0.300. The van der Waals surface area contributed by atoms with E-state index in [1.807, 2.05) is 6.08 Å². The molecule has 1 heteroatoms. The summed E-state index contributed by atoms with van der Waals surface area (Å²) in [5.41, 5.74) is 0.225. The summed E-state index contributed by atoms with van der Waals surface area (Å²) in [7, 11) is 0. The van der Waals surface area contributed by atoms with Crippen LogP contribution >= 0.6 is 0 Å². The van der Waals surface area contributed by atoms with Gasteiger partial charge in [-0.1, -0.05) is 26.8 Å². The van der Waals surface area contributed by atoms with Gasteiger partial charge in [-0.25, -0.2) is 0 Å². The topological polar surface area (TPSA) is 12.0 Å². The zero-order valence-corrected chi connectivity index (χ0v) is 9.15. The van der Waals surface area contributed by atoms with Crippen molar-refractivity contribution in [1.29, 1.82) is 0 Å². The minimum Gasteiger partial charge on any atom is -0.305 e. The number of nitrogens with one attached hydrogen (secondary N) is 1. The van der Waals surface area contributed by atoms with E-state index in [1.165, 1.54) is 0 Å². The fourth-order valence-electron chi connectivity index (χ4n) is 1.05. The Morgan fingerprint density at radius 2 is 1.92 bits per heavy atom. The first-order valence-corrected chi connectivity index (χ1v) is 4.83. The standard InChI is InChI=1S/C11H23N/c1-7-10(9(3)4)12-11(5,6)8-2/h7,9-10,12H,1,8H2,2-6H3. The summed E-state index contributed by atoms with van der Waals surface area (Å²) < 4.78 is 0. The van der Waals surface area contributed by atoms with Crippen LogP contribution in [0.5, 0.6) is 0 Å². The van der Waals surface area contributed by atoms with Gasteiger partial charge in [-0.2, -0.15) is 0 Å². The highest BCUT2D eigenvalue weighted by molar-refractivity contribution is 4.92. The Bertz CT molecular complexity index is 136. The molecule has 0 radical (unpaired) electrons. The van der Waals surface area contributed by atoms with E-state index in [-0.39, 0.29) is 5.54 Å². The molecule has 0 amide bonds. The van der Waals surface area contributed by atoms with Crippen LogP contribution in [0.25, 0.3) is 0 Å². The number of hydrogen-bond donors (Lipinski definition) is 1. The third kappa shape index (κ3) is 3.91. The maximum absolute atomic E-state index is 3.84. The zero-order chi connectivity index (χ0) is 9.78. The van der Waals surface area contributed by atoms with Gasteiger partial charge in [-0.15, -0.1) is 6.58 Å². The van der Waals surface area contributed by atoms with E-state index in [1.54, 1.807) is 0 Å². The van der Waals surface area contributed by atoms with Gasteiger partial charge in [0.05, 0.1) is 0 Å². The van der Waals surface area contributed by atoms with E-state index in [0.29, 0.717) is 12.0 Å². The van der Waals surface area contributed by atoms with E-state index in [2.05, 4.69) is 46.5 Å². The van der Waals surface area contributed by atoms with Crippen LogP contribution in [0.1, 0.15) is 41.0 Å². The van der Waals surface area contributed by atoms with Crippen LogP contribution < -0.4 is 5.32 Å². The Labute approximate surface area is 77.2 Å². The van der Waals surface area contributed by atoms with Gasteiger partial charge >= 0.3 is 0 Å². The first-order valence-electron chi connectivity index (χ1n) is 4.83. The minimum absolute atomic E-state index is 0.225. The molecule has 0 aromatic rings. The first-order chi connectivity index (χ1) is 5.43. The normalized spacial score (nSPS) is 14.8. The van der Waals surface area contributed by atoms with E-state index in [9.17, 15) is 0 Å². The smallest absolute Gasteiger partial charge is 0.0275 e. The molecule has 0 bridgehead atoms. The molecule has 0 heterocycles. The van der Waals surface area contributed by atoms with Crippen molar-refractivity contribution in [3.8, 4) is 0 Å².